The van der Waals surface area contributed by atoms with Gasteiger partial charge in [0.2, 0.25) is 0 Å². The van der Waals surface area contributed by atoms with Gasteiger partial charge in [0.25, 0.3) is 0 Å². The van der Waals surface area contributed by atoms with Gasteiger partial charge < -0.3 is 24.8 Å². The second-order valence-electron chi connectivity index (χ2n) is 7.86. The van der Waals surface area contributed by atoms with Crippen molar-refractivity contribution in [3.63, 3.8) is 0 Å². The molecule has 3 aromatic rings. The zero-order valence-corrected chi connectivity index (χ0v) is 19.9. The smallest absolute Gasteiger partial charge is 0.137 e. The lowest BCUT2D eigenvalue weighted by Crippen LogP contribution is -2.51. The third kappa shape index (κ3) is 5.35. The van der Waals surface area contributed by atoms with E-state index in [9.17, 15) is 20.6 Å². The molecule has 35 heavy (non-hydrogen) atoms. The molecule has 0 bridgehead atoms. The predicted molar refractivity (Wildman–Crippen MR) is 130 cm³/mol. The van der Waals surface area contributed by atoms with Crippen molar-refractivity contribution in [3.05, 3.63) is 65.7 Å². The molecule has 1 fully saturated rings. The summed E-state index contributed by atoms with van der Waals surface area (Å²) in [6, 6.07) is 18.6. The van der Waals surface area contributed by atoms with E-state index in [1.807, 2.05) is 30.3 Å². The number of hydrogen-bond acceptors (Lipinski definition) is 10. The van der Waals surface area contributed by atoms with Crippen molar-refractivity contribution in [2.45, 2.75) is 35.7 Å². The van der Waals surface area contributed by atoms with Gasteiger partial charge >= 0.3 is 0 Å². The molecule has 1 aliphatic heterocycles. The SMILES string of the molecule is COc1ccc(N=Nc2c(-c3ccccc3)nc(S[C@@H]3OC[C@@H](O)[C@@H](O)[C@@H]3O)c(C#N)c2C)cc1. The quantitative estimate of drug-likeness (QED) is 0.440. The number of nitrogens with zero attached hydrogens (tertiary/aromatic N) is 4. The predicted octanol–water partition coefficient (Wildman–Crippen LogP) is 3.88. The summed E-state index contributed by atoms with van der Waals surface area (Å²) in [6.45, 7) is 1.62. The van der Waals surface area contributed by atoms with E-state index in [-0.39, 0.29) is 12.2 Å². The molecule has 1 aliphatic rings. The summed E-state index contributed by atoms with van der Waals surface area (Å²) < 4.78 is 10.7. The Morgan fingerprint density at radius 3 is 2.43 bits per heavy atom. The first-order valence-electron chi connectivity index (χ1n) is 10.8. The Kier molecular flexibility index (Phi) is 7.75. The summed E-state index contributed by atoms with van der Waals surface area (Å²) in [6.07, 6.45) is -3.90. The highest BCUT2D eigenvalue weighted by Crippen LogP contribution is 2.40. The van der Waals surface area contributed by atoms with E-state index in [1.165, 1.54) is 0 Å². The number of rotatable bonds is 6. The first kappa shape index (κ1) is 24.8. The van der Waals surface area contributed by atoms with Gasteiger partial charge in [-0.2, -0.15) is 10.4 Å². The second-order valence-corrected chi connectivity index (χ2v) is 8.95. The van der Waals surface area contributed by atoms with Crippen molar-refractivity contribution >= 4 is 23.1 Å². The number of ether oxygens (including phenoxy) is 2. The van der Waals surface area contributed by atoms with Crippen molar-refractivity contribution in [2.24, 2.45) is 10.2 Å². The van der Waals surface area contributed by atoms with E-state index in [1.54, 1.807) is 38.3 Å². The number of aliphatic hydroxyl groups is 3. The van der Waals surface area contributed by atoms with Gasteiger partial charge in [-0.3, -0.25) is 0 Å². The van der Waals surface area contributed by atoms with Crippen molar-refractivity contribution in [1.82, 2.24) is 4.98 Å². The van der Waals surface area contributed by atoms with Crippen LogP contribution in [0.3, 0.4) is 0 Å². The number of hydrogen-bond donors (Lipinski definition) is 3. The summed E-state index contributed by atoms with van der Waals surface area (Å²) in [5.41, 5.74) is 2.23. The molecule has 10 heteroatoms. The van der Waals surface area contributed by atoms with Gasteiger partial charge in [-0.1, -0.05) is 42.1 Å². The lowest BCUT2D eigenvalue weighted by Gasteiger charge is -2.34. The molecule has 3 N–H and O–H groups in total. The van der Waals surface area contributed by atoms with Crippen molar-refractivity contribution in [2.75, 3.05) is 13.7 Å². The Morgan fingerprint density at radius 1 is 1.06 bits per heavy atom. The van der Waals surface area contributed by atoms with Crippen molar-refractivity contribution in [3.8, 4) is 23.1 Å². The highest BCUT2D eigenvalue weighted by atomic mass is 32.2. The maximum atomic E-state index is 10.4. The number of aliphatic hydroxyl groups excluding tert-OH is 3. The first-order chi connectivity index (χ1) is 16.9. The molecule has 0 spiro atoms. The lowest BCUT2D eigenvalue weighted by molar-refractivity contribution is -0.161. The van der Waals surface area contributed by atoms with E-state index in [0.29, 0.717) is 33.4 Å². The van der Waals surface area contributed by atoms with Gasteiger partial charge in [0.05, 0.1) is 30.7 Å². The second kappa shape index (κ2) is 10.9. The minimum absolute atomic E-state index is 0.142. The molecule has 0 saturated carbocycles. The Hall–Kier alpha value is -3.33. The fourth-order valence-corrected chi connectivity index (χ4v) is 4.68. The van der Waals surface area contributed by atoms with E-state index in [2.05, 4.69) is 16.3 Å². The van der Waals surface area contributed by atoms with Crippen LogP contribution in [-0.2, 0) is 4.74 Å². The van der Waals surface area contributed by atoms with Crippen LogP contribution in [0.1, 0.15) is 11.1 Å². The molecule has 4 atom stereocenters. The summed E-state index contributed by atoms with van der Waals surface area (Å²) >= 11 is 1.02. The van der Waals surface area contributed by atoms with Crippen LogP contribution in [0.2, 0.25) is 0 Å². The van der Waals surface area contributed by atoms with E-state index in [4.69, 9.17) is 14.5 Å². The Balaban J connectivity index is 1.77. The van der Waals surface area contributed by atoms with Crippen LogP contribution < -0.4 is 4.74 Å². The van der Waals surface area contributed by atoms with Crippen LogP contribution in [-0.4, -0.2) is 57.8 Å². The molecule has 4 rings (SSSR count). The molecule has 0 amide bonds. The minimum atomic E-state index is -1.36. The molecule has 0 unspecified atom stereocenters. The average molecular weight is 493 g/mol. The Morgan fingerprint density at radius 2 is 1.77 bits per heavy atom. The van der Waals surface area contributed by atoms with E-state index >= 15 is 0 Å². The largest absolute Gasteiger partial charge is 0.497 e. The van der Waals surface area contributed by atoms with Gasteiger partial charge in [-0.05, 0) is 36.8 Å². The van der Waals surface area contributed by atoms with Crippen LogP contribution in [0.25, 0.3) is 11.3 Å². The summed E-state index contributed by atoms with van der Waals surface area (Å²) in [5, 5.41) is 49.2. The fourth-order valence-electron chi connectivity index (χ4n) is 3.55. The van der Waals surface area contributed by atoms with Crippen LogP contribution in [0, 0.1) is 18.3 Å². The Labute approximate surface area is 206 Å². The van der Waals surface area contributed by atoms with Gasteiger partial charge in [-0.25, -0.2) is 4.98 Å². The van der Waals surface area contributed by atoms with Crippen LogP contribution in [0.5, 0.6) is 5.75 Å². The number of azo groups is 1. The molecule has 0 radical (unpaired) electrons. The lowest BCUT2D eigenvalue weighted by atomic mass is 10.0. The maximum Gasteiger partial charge on any atom is 0.137 e. The van der Waals surface area contributed by atoms with Crippen molar-refractivity contribution < 1.29 is 24.8 Å². The van der Waals surface area contributed by atoms with Gasteiger partial charge in [0.1, 0.15) is 46.3 Å². The summed E-state index contributed by atoms with van der Waals surface area (Å²) in [7, 11) is 1.58. The number of nitriles is 1. The maximum absolute atomic E-state index is 10.4. The van der Waals surface area contributed by atoms with Crippen LogP contribution >= 0.6 is 11.8 Å². The van der Waals surface area contributed by atoms with Gasteiger partial charge in [0.15, 0.2) is 0 Å². The third-order valence-electron chi connectivity index (χ3n) is 5.56. The molecule has 0 aliphatic carbocycles. The zero-order chi connectivity index (χ0) is 24.9. The molecular weight excluding hydrogens is 468 g/mol. The number of benzene rings is 2. The number of pyridine rings is 1. The Bertz CT molecular complexity index is 1250. The summed E-state index contributed by atoms with van der Waals surface area (Å²) in [5.74, 6) is 0.699. The third-order valence-corrected chi connectivity index (χ3v) is 6.73. The van der Waals surface area contributed by atoms with Crippen LogP contribution in [0.4, 0.5) is 11.4 Å². The molecule has 180 valence electrons. The van der Waals surface area contributed by atoms with Crippen LogP contribution in [0.15, 0.2) is 69.9 Å². The number of methoxy groups -OCH3 is 1. The first-order valence-corrected chi connectivity index (χ1v) is 11.7. The fraction of sp³-hybridized carbons (Fsp3) is 0.280. The topological polar surface area (TPSA) is 141 Å². The normalized spacial score (nSPS) is 22.2. The van der Waals surface area contributed by atoms with Crippen molar-refractivity contribution in [1.29, 1.82) is 5.26 Å². The van der Waals surface area contributed by atoms with E-state index < -0.39 is 23.7 Å². The van der Waals surface area contributed by atoms with E-state index in [0.717, 1.165) is 17.3 Å². The zero-order valence-electron chi connectivity index (χ0n) is 19.1. The highest BCUT2D eigenvalue weighted by molar-refractivity contribution is 7.99. The minimum Gasteiger partial charge on any atom is -0.497 e. The average Bonchev–Trinajstić information content (AvgIpc) is 2.89. The molecule has 2 heterocycles. The standard InChI is InChI=1S/C25H24N4O5S/c1-14-18(12-26)24(35-25-23(32)22(31)19(30)13-34-25)27-21(15-6-4-3-5-7-15)20(14)29-28-16-8-10-17(33-2)11-9-16/h3-11,19,22-23,25,30-32H,13H2,1-2H3/t19-,22-,23+,25+/m1/s1. The molecular formula is C25H24N4O5S. The molecule has 1 aromatic heterocycles. The van der Waals surface area contributed by atoms with Gasteiger partial charge in [0, 0.05) is 5.56 Å². The molecule has 2 aromatic carbocycles. The number of thioether (sulfide) groups is 1. The molecule has 9 nitrogen and oxygen atoms in total. The number of aromatic nitrogens is 1. The summed E-state index contributed by atoms with van der Waals surface area (Å²) in [4.78, 5) is 4.72. The van der Waals surface area contributed by atoms with Gasteiger partial charge in [-0.15, -0.1) is 5.11 Å². The monoisotopic (exact) mass is 492 g/mol. The molecule has 1 saturated heterocycles. The highest BCUT2D eigenvalue weighted by Gasteiger charge is 2.39.